The number of aldehydes is 1. The molecule has 78 valence electrons. The zero-order valence-corrected chi connectivity index (χ0v) is 8.01. The molecule has 4 atom stereocenters. The summed E-state index contributed by atoms with van der Waals surface area (Å²) >= 11 is 0. The van der Waals surface area contributed by atoms with Crippen LogP contribution in [0.1, 0.15) is 6.92 Å². The standard InChI is InChI=1S/C8H16O5/c1-5(10)7(12-2)8(13-3)6(11)4-9/h4-8,10-11H,1-3H3/t5-,6-,7-,8-/m0/s1. The van der Waals surface area contributed by atoms with E-state index in [0.29, 0.717) is 6.29 Å². The molecular formula is C8H16O5. The minimum absolute atomic E-state index is 0.350. The average molecular weight is 192 g/mol. The highest BCUT2D eigenvalue weighted by Crippen LogP contribution is 2.10. The molecule has 0 aromatic heterocycles. The molecule has 0 rings (SSSR count). The van der Waals surface area contributed by atoms with Crippen LogP contribution in [0.3, 0.4) is 0 Å². The summed E-state index contributed by atoms with van der Waals surface area (Å²) in [4.78, 5) is 10.3. The van der Waals surface area contributed by atoms with E-state index in [0.717, 1.165) is 0 Å². The topological polar surface area (TPSA) is 76.0 Å². The molecule has 2 N–H and O–H groups in total. The molecule has 0 aromatic carbocycles. The second-order valence-corrected chi connectivity index (χ2v) is 2.77. The summed E-state index contributed by atoms with van der Waals surface area (Å²) in [5.74, 6) is 0. The van der Waals surface area contributed by atoms with E-state index in [4.69, 9.17) is 9.47 Å². The molecular weight excluding hydrogens is 176 g/mol. The Morgan fingerprint density at radius 3 is 1.85 bits per heavy atom. The summed E-state index contributed by atoms with van der Waals surface area (Å²) in [6, 6.07) is 0. The van der Waals surface area contributed by atoms with Crippen LogP contribution in [0.2, 0.25) is 0 Å². The lowest BCUT2D eigenvalue weighted by Gasteiger charge is -2.28. The first-order valence-corrected chi connectivity index (χ1v) is 3.95. The van der Waals surface area contributed by atoms with E-state index in [9.17, 15) is 15.0 Å². The van der Waals surface area contributed by atoms with Crippen molar-refractivity contribution in [1.82, 2.24) is 0 Å². The molecule has 0 fully saturated rings. The Balaban J connectivity index is 4.41. The fraction of sp³-hybridized carbons (Fsp3) is 0.875. The van der Waals surface area contributed by atoms with Crippen LogP contribution in [0, 0.1) is 0 Å². The summed E-state index contributed by atoms with van der Waals surface area (Å²) in [7, 11) is 2.71. The minimum atomic E-state index is -1.29. The Morgan fingerprint density at radius 1 is 1.15 bits per heavy atom. The van der Waals surface area contributed by atoms with Crippen molar-refractivity contribution in [3.63, 3.8) is 0 Å². The van der Waals surface area contributed by atoms with E-state index in [-0.39, 0.29) is 0 Å². The van der Waals surface area contributed by atoms with E-state index < -0.39 is 24.4 Å². The maximum absolute atomic E-state index is 10.3. The Morgan fingerprint density at radius 2 is 1.62 bits per heavy atom. The lowest BCUT2D eigenvalue weighted by atomic mass is 10.0. The molecule has 0 aliphatic carbocycles. The van der Waals surface area contributed by atoms with Crippen molar-refractivity contribution in [2.45, 2.75) is 31.3 Å². The number of ether oxygens (including phenoxy) is 2. The molecule has 0 unspecified atom stereocenters. The molecule has 5 heteroatoms. The van der Waals surface area contributed by atoms with Crippen molar-refractivity contribution in [3.8, 4) is 0 Å². The lowest BCUT2D eigenvalue weighted by Crippen LogP contribution is -2.46. The van der Waals surface area contributed by atoms with Gasteiger partial charge in [0, 0.05) is 14.2 Å². The van der Waals surface area contributed by atoms with Crippen molar-refractivity contribution in [1.29, 1.82) is 0 Å². The number of hydrogen-bond acceptors (Lipinski definition) is 5. The van der Waals surface area contributed by atoms with E-state index in [1.54, 1.807) is 0 Å². The van der Waals surface area contributed by atoms with Crippen LogP contribution in [0.15, 0.2) is 0 Å². The van der Waals surface area contributed by atoms with E-state index in [1.165, 1.54) is 21.1 Å². The van der Waals surface area contributed by atoms with E-state index in [2.05, 4.69) is 0 Å². The quantitative estimate of drug-likeness (QED) is 0.525. The summed E-state index contributed by atoms with van der Waals surface area (Å²) < 4.78 is 9.74. The van der Waals surface area contributed by atoms with Gasteiger partial charge < -0.3 is 24.5 Å². The van der Waals surface area contributed by atoms with Gasteiger partial charge in [0.2, 0.25) is 0 Å². The van der Waals surface area contributed by atoms with Crippen molar-refractivity contribution in [3.05, 3.63) is 0 Å². The molecule has 0 saturated carbocycles. The van der Waals surface area contributed by atoms with Gasteiger partial charge in [0.15, 0.2) is 6.29 Å². The summed E-state index contributed by atoms with van der Waals surface area (Å²) in [6.07, 6.45) is -3.32. The molecule has 0 amide bonds. The smallest absolute Gasteiger partial charge is 0.151 e. The van der Waals surface area contributed by atoms with Gasteiger partial charge in [0.25, 0.3) is 0 Å². The Labute approximate surface area is 77.3 Å². The van der Waals surface area contributed by atoms with Crippen molar-refractivity contribution >= 4 is 6.29 Å². The van der Waals surface area contributed by atoms with E-state index >= 15 is 0 Å². The monoisotopic (exact) mass is 192 g/mol. The molecule has 0 bridgehead atoms. The molecule has 0 aliphatic heterocycles. The number of carbonyl (C=O) groups excluding carboxylic acids is 1. The predicted molar refractivity (Wildman–Crippen MR) is 45.3 cm³/mol. The second kappa shape index (κ2) is 6.04. The summed E-state index contributed by atoms with van der Waals surface area (Å²) in [5.41, 5.74) is 0. The highest BCUT2D eigenvalue weighted by Gasteiger charge is 2.31. The average Bonchev–Trinajstić information content (AvgIpc) is 2.12. The van der Waals surface area contributed by atoms with Crippen LogP contribution in [-0.2, 0) is 14.3 Å². The first-order valence-electron chi connectivity index (χ1n) is 3.95. The SMILES string of the molecule is CO[C@H]([C@@H](OC)[C@@H](O)C=O)[C@H](C)O. The number of hydrogen-bond donors (Lipinski definition) is 2. The zero-order chi connectivity index (χ0) is 10.4. The minimum Gasteiger partial charge on any atom is -0.391 e. The fourth-order valence-corrected chi connectivity index (χ4v) is 1.15. The third-order valence-electron chi connectivity index (χ3n) is 1.82. The van der Waals surface area contributed by atoms with Gasteiger partial charge >= 0.3 is 0 Å². The van der Waals surface area contributed by atoms with Crippen molar-refractivity contribution in [2.75, 3.05) is 14.2 Å². The lowest BCUT2D eigenvalue weighted by molar-refractivity contribution is -0.144. The number of methoxy groups -OCH3 is 2. The molecule has 0 saturated heterocycles. The number of aliphatic hydroxyl groups is 2. The fourth-order valence-electron chi connectivity index (χ4n) is 1.15. The number of carbonyl (C=O) groups is 1. The van der Waals surface area contributed by atoms with Crippen LogP contribution in [0.5, 0.6) is 0 Å². The van der Waals surface area contributed by atoms with Crippen LogP contribution < -0.4 is 0 Å². The van der Waals surface area contributed by atoms with Gasteiger partial charge in [-0.3, -0.25) is 0 Å². The van der Waals surface area contributed by atoms with Crippen molar-refractivity contribution < 1.29 is 24.5 Å². The summed E-state index contributed by atoms with van der Waals surface area (Å²) in [5, 5.41) is 18.4. The second-order valence-electron chi connectivity index (χ2n) is 2.77. The molecule has 5 nitrogen and oxygen atoms in total. The van der Waals surface area contributed by atoms with Crippen LogP contribution in [0.25, 0.3) is 0 Å². The van der Waals surface area contributed by atoms with Crippen LogP contribution >= 0.6 is 0 Å². The van der Waals surface area contributed by atoms with Crippen molar-refractivity contribution in [2.24, 2.45) is 0 Å². The molecule has 13 heavy (non-hydrogen) atoms. The van der Waals surface area contributed by atoms with Gasteiger partial charge in [-0.15, -0.1) is 0 Å². The van der Waals surface area contributed by atoms with Gasteiger partial charge in [-0.2, -0.15) is 0 Å². The Bertz CT molecular complexity index is 147. The third kappa shape index (κ3) is 3.40. The molecule has 0 radical (unpaired) electrons. The third-order valence-corrected chi connectivity index (χ3v) is 1.82. The zero-order valence-electron chi connectivity index (χ0n) is 8.01. The number of aliphatic hydroxyl groups excluding tert-OH is 2. The van der Waals surface area contributed by atoms with Gasteiger partial charge in [-0.25, -0.2) is 0 Å². The maximum Gasteiger partial charge on any atom is 0.151 e. The highest BCUT2D eigenvalue weighted by atomic mass is 16.5. The first-order chi connectivity index (χ1) is 6.08. The van der Waals surface area contributed by atoms with E-state index in [1.807, 2.05) is 0 Å². The van der Waals surface area contributed by atoms with Gasteiger partial charge in [-0.05, 0) is 6.92 Å². The normalized spacial score (nSPS) is 20.4. The van der Waals surface area contributed by atoms with Crippen LogP contribution in [-0.4, -0.2) is 55.1 Å². The van der Waals surface area contributed by atoms with Gasteiger partial charge in [0.1, 0.15) is 18.3 Å². The molecule has 0 aromatic rings. The Kier molecular flexibility index (Phi) is 5.81. The largest absolute Gasteiger partial charge is 0.391 e. The highest BCUT2D eigenvalue weighted by molar-refractivity contribution is 5.56. The van der Waals surface area contributed by atoms with Crippen LogP contribution in [0.4, 0.5) is 0 Å². The maximum atomic E-state index is 10.3. The van der Waals surface area contributed by atoms with Gasteiger partial charge in [-0.1, -0.05) is 0 Å². The predicted octanol–water partition coefficient (Wildman–Crippen LogP) is -1.04. The first kappa shape index (κ1) is 12.5. The van der Waals surface area contributed by atoms with Gasteiger partial charge in [0.05, 0.1) is 6.10 Å². The molecule has 0 heterocycles. The molecule has 0 spiro atoms. The molecule has 0 aliphatic rings. The number of rotatable bonds is 6. The summed E-state index contributed by atoms with van der Waals surface area (Å²) in [6.45, 7) is 1.50. The Hall–Kier alpha value is -0.490.